The zero-order valence-electron chi connectivity index (χ0n) is 31.9. The Labute approximate surface area is 316 Å². The predicted molar refractivity (Wildman–Crippen MR) is 237 cm³/mol. The van der Waals surface area contributed by atoms with Crippen LogP contribution < -0.4 is 0 Å². The molecule has 0 aliphatic heterocycles. The smallest absolute Gasteiger partial charge is 0.000731 e. The second-order valence-corrected chi connectivity index (χ2v) is 17.7. The van der Waals surface area contributed by atoms with E-state index in [0.717, 1.165) is 0 Å². The molecule has 0 aliphatic rings. The third kappa shape index (κ3) is 4.32. The summed E-state index contributed by atoms with van der Waals surface area (Å²) in [6, 6.07) is 55.7. The highest BCUT2D eigenvalue weighted by Crippen LogP contribution is 2.54. The Morgan fingerprint density at radius 1 is 0.278 bits per heavy atom. The van der Waals surface area contributed by atoms with Gasteiger partial charge in [0.05, 0.1) is 0 Å². The van der Waals surface area contributed by atoms with Gasteiger partial charge in [-0.1, -0.05) is 157 Å². The fraction of sp³-hybridized carbons (Fsp3) is 0.148. The van der Waals surface area contributed by atoms with Crippen molar-refractivity contribution in [2.75, 3.05) is 0 Å². The normalized spacial score (nSPS) is 13.0. The first-order chi connectivity index (χ1) is 26.1. The van der Waals surface area contributed by atoms with Gasteiger partial charge in [-0.3, -0.25) is 0 Å². The Hall–Kier alpha value is -5.98. The molecule has 0 N–H and O–H groups in total. The Morgan fingerprint density at radius 3 is 1.28 bits per heavy atom. The predicted octanol–water partition coefficient (Wildman–Crippen LogP) is 15.7. The molecule has 11 aromatic rings. The van der Waals surface area contributed by atoms with Crippen LogP contribution in [0.5, 0.6) is 0 Å². The molecule has 0 bridgehead atoms. The first-order valence-corrected chi connectivity index (χ1v) is 19.4. The average Bonchev–Trinajstić information content (AvgIpc) is 3.66. The van der Waals surface area contributed by atoms with E-state index in [9.17, 15) is 0 Å². The van der Waals surface area contributed by atoms with Gasteiger partial charge in [0.15, 0.2) is 0 Å². The third-order valence-corrected chi connectivity index (χ3v) is 12.4. The Balaban J connectivity index is 1.47. The maximum Gasteiger partial charge on any atom is -0.000731 e. The zero-order valence-corrected chi connectivity index (χ0v) is 31.9. The van der Waals surface area contributed by atoms with Crippen LogP contribution in [0, 0.1) is 0 Å². The Kier molecular flexibility index (Phi) is 6.31. The van der Waals surface area contributed by atoms with E-state index < -0.39 is 0 Å². The van der Waals surface area contributed by atoms with Crippen molar-refractivity contribution < 1.29 is 0 Å². The van der Waals surface area contributed by atoms with E-state index >= 15 is 0 Å². The zero-order chi connectivity index (χ0) is 36.7. The van der Waals surface area contributed by atoms with E-state index in [1.54, 1.807) is 0 Å². The lowest BCUT2D eigenvalue weighted by molar-refractivity contribution is 0.590. The lowest BCUT2D eigenvalue weighted by Gasteiger charge is -2.22. The van der Waals surface area contributed by atoms with Gasteiger partial charge >= 0.3 is 0 Å². The number of hydrogen-bond acceptors (Lipinski definition) is 0. The summed E-state index contributed by atoms with van der Waals surface area (Å²) in [5.74, 6) is 0. The largest absolute Gasteiger partial charge is 0.0622 e. The minimum absolute atomic E-state index is 0.00775. The third-order valence-electron chi connectivity index (χ3n) is 12.4. The van der Waals surface area contributed by atoms with Gasteiger partial charge in [0.1, 0.15) is 0 Å². The van der Waals surface area contributed by atoms with Crippen molar-refractivity contribution in [1.82, 2.24) is 0 Å². The highest BCUT2D eigenvalue weighted by Gasteiger charge is 2.28. The van der Waals surface area contributed by atoms with Crippen molar-refractivity contribution in [3.05, 3.63) is 157 Å². The molecule has 0 heterocycles. The molecule has 0 aromatic heterocycles. The highest BCUT2D eigenvalue weighted by molar-refractivity contribution is 6.42. The van der Waals surface area contributed by atoms with Gasteiger partial charge in [-0.15, -0.1) is 0 Å². The molecule has 258 valence electrons. The SMILES string of the molecule is CC(C)(C)c1cc2cc(C(C)(C)C)cc3c4c(-c5ccccc5)c5cc6c(cc5c(-c5ccccc5)c4c(c1)c23)c1cccc2c3ccccc3cc6c21. The molecule has 0 amide bonds. The van der Waals surface area contributed by atoms with Crippen molar-refractivity contribution in [2.24, 2.45) is 0 Å². The van der Waals surface area contributed by atoms with E-state index in [0.29, 0.717) is 0 Å². The molecular formula is C54H42. The molecule has 0 nitrogen and oxygen atoms in total. The molecule has 0 heteroatoms. The van der Waals surface area contributed by atoms with Gasteiger partial charge in [-0.25, -0.2) is 0 Å². The molecule has 0 fully saturated rings. The molecule has 0 aliphatic carbocycles. The van der Waals surface area contributed by atoms with Crippen LogP contribution >= 0.6 is 0 Å². The van der Waals surface area contributed by atoms with Gasteiger partial charge in [0, 0.05) is 0 Å². The summed E-state index contributed by atoms with van der Waals surface area (Å²) in [6.07, 6.45) is 0. The standard InChI is InChI=1S/C54H42/c1-53(2,3)35-24-34-25-36(54(4,5)6)28-46-47(34)45(27-35)51-48(31-16-9-7-10-17-31)43-29-40-39-23-15-22-38-37-21-14-13-20-33(37)26-42(50(38)39)41(40)30-44(43)49(52(46)51)32-18-11-8-12-19-32/h7-30H,1-6H3. The van der Waals surface area contributed by atoms with E-state index in [1.165, 1.54) is 120 Å². The summed E-state index contributed by atoms with van der Waals surface area (Å²) >= 11 is 0. The summed E-state index contributed by atoms with van der Waals surface area (Å²) in [4.78, 5) is 0. The van der Waals surface area contributed by atoms with E-state index in [-0.39, 0.29) is 10.8 Å². The van der Waals surface area contributed by atoms with Crippen molar-refractivity contribution >= 4 is 86.2 Å². The monoisotopic (exact) mass is 690 g/mol. The van der Waals surface area contributed by atoms with E-state index in [4.69, 9.17) is 0 Å². The number of hydrogen-bond donors (Lipinski definition) is 0. The molecular weight excluding hydrogens is 649 g/mol. The highest BCUT2D eigenvalue weighted by atomic mass is 14.3. The molecule has 11 aromatic carbocycles. The molecule has 0 saturated heterocycles. The van der Waals surface area contributed by atoms with Gasteiger partial charge < -0.3 is 0 Å². The summed E-state index contributed by atoms with van der Waals surface area (Å²) < 4.78 is 0. The molecule has 11 rings (SSSR count). The quantitative estimate of drug-likeness (QED) is 0.158. The van der Waals surface area contributed by atoms with Crippen LogP contribution in [0.1, 0.15) is 52.7 Å². The van der Waals surface area contributed by atoms with Crippen molar-refractivity contribution in [2.45, 2.75) is 52.4 Å². The summed E-state index contributed by atoms with van der Waals surface area (Å²) in [6.45, 7) is 14.1. The number of fused-ring (bicyclic) bond motifs is 9. The maximum absolute atomic E-state index is 2.55. The van der Waals surface area contributed by atoms with Crippen LogP contribution in [-0.2, 0) is 10.8 Å². The summed E-state index contributed by atoms with van der Waals surface area (Å²) in [5.41, 5.74) is 7.91. The maximum atomic E-state index is 2.55. The number of benzene rings is 9. The molecule has 0 unspecified atom stereocenters. The van der Waals surface area contributed by atoms with Crippen LogP contribution in [-0.4, -0.2) is 0 Å². The van der Waals surface area contributed by atoms with Crippen molar-refractivity contribution in [1.29, 1.82) is 0 Å². The van der Waals surface area contributed by atoms with Gasteiger partial charge in [-0.2, -0.15) is 0 Å². The second-order valence-electron chi connectivity index (χ2n) is 17.7. The Bertz CT molecular complexity index is 3290. The second kappa shape index (κ2) is 10.8. The van der Waals surface area contributed by atoms with Crippen molar-refractivity contribution in [3.8, 4) is 22.3 Å². The van der Waals surface area contributed by atoms with Crippen LogP contribution in [0.15, 0.2) is 146 Å². The topological polar surface area (TPSA) is 0 Å². The summed E-state index contributed by atoms with van der Waals surface area (Å²) in [7, 11) is 0. The fourth-order valence-corrected chi connectivity index (χ4v) is 9.70. The lowest BCUT2D eigenvalue weighted by atomic mass is 9.82. The average molecular weight is 691 g/mol. The van der Waals surface area contributed by atoms with Crippen LogP contribution in [0.4, 0.5) is 0 Å². The minimum atomic E-state index is -0.00851. The fourth-order valence-electron chi connectivity index (χ4n) is 9.70. The van der Waals surface area contributed by atoms with Gasteiger partial charge in [0.2, 0.25) is 0 Å². The lowest BCUT2D eigenvalue weighted by Crippen LogP contribution is -2.12. The molecule has 0 saturated carbocycles. The molecule has 0 atom stereocenters. The number of rotatable bonds is 2. The van der Waals surface area contributed by atoms with Crippen molar-refractivity contribution in [3.63, 3.8) is 0 Å². The summed E-state index contributed by atoms with van der Waals surface area (Å²) in [5, 5.41) is 21.4. The Morgan fingerprint density at radius 2 is 0.741 bits per heavy atom. The minimum Gasteiger partial charge on any atom is -0.0622 e. The van der Waals surface area contributed by atoms with Gasteiger partial charge in [-0.05, 0) is 161 Å². The van der Waals surface area contributed by atoms with Crippen LogP contribution in [0.2, 0.25) is 0 Å². The van der Waals surface area contributed by atoms with Gasteiger partial charge in [0.25, 0.3) is 0 Å². The van der Waals surface area contributed by atoms with E-state index in [2.05, 4.69) is 187 Å². The first kappa shape index (κ1) is 31.5. The first-order valence-electron chi connectivity index (χ1n) is 19.4. The van der Waals surface area contributed by atoms with E-state index in [1.807, 2.05) is 0 Å². The van der Waals surface area contributed by atoms with Crippen LogP contribution in [0.25, 0.3) is 108 Å². The molecule has 54 heavy (non-hydrogen) atoms. The molecule has 0 radical (unpaired) electrons. The molecule has 0 spiro atoms. The van der Waals surface area contributed by atoms with Crippen LogP contribution in [0.3, 0.4) is 0 Å².